The Kier molecular flexibility index (Phi) is 6.24. The van der Waals surface area contributed by atoms with Crippen molar-refractivity contribution in [3.05, 3.63) is 35.9 Å². The predicted molar refractivity (Wildman–Crippen MR) is 92.7 cm³/mol. The van der Waals surface area contributed by atoms with Crippen LogP contribution in [0.15, 0.2) is 30.3 Å². The summed E-state index contributed by atoms with van der Waals surface area (Å²) < 4.78 is 11.4. The summed E-state index contributed by atoms with van der Waals surface area (Å²) in [4.78, 5) is 14.6. The molecule has 5 nitrogen and oxygen atoms in total. The van der Waals surface area contributed by atoms with E-state index in [4.69, 9.17) is 9.47 Å². The lowest BCUT2D eigenvalue weighted by Gasteiger charge is -2.33. The van der Waals surface area contributed by atoms with E-state index in [0.717, 1.165) is 39.1 Å². The molecule has 2 aliphatic heterocycles. The molecule has 2 aliphatic rings. The van der Waals surface area contributed by atoms with E-state index in [9.17, 15) is 4.79 Å². The molecule has 0 unspecified atom stereocenters. The Labute approximate surface area is 144 Å². The molecule has 1 amide bonds. The zero-order valence-electron chi connectivity index (χ0n) is 14.4. The predicted octanol–water partition coefficient (Wildman–Crippen LogP) is 1.96. The van der Waals surface area contributed by atoms with Gasteiger partial charge in [-0.25, -0.2) is 0 Å². The van der Waals surface area contributed by atoms with E-state index >= 15 is 0 Å². The summed E-state index contributed by atoms with van der Waals surface area (Å²) in [5.41, 5.74) is 1.30. The van der Waals surface area contributed by atoms with Crippen LogP contribution in [0.5, 0.6) is 0 Å². The third-order valence-electron chi connectivity index (χ3n) is 4.80. The molecule has 3 atom stereocenters. The molecule has 2 saturated heterocycles. The van der Waals surface area contributed by atoms with Crippen LogP contribution in [0.1, 0.15) is 31.7 Å². The zero-order valence-corrected chi connectivity index (χ0v) is 14.4. The summed E-state index contributed by atoms with van der Waals surface area (Å²) in [6.45, 7) is 6.15. The first-order chi connectivity index (χ1) is 11.7. The highest BCUT2D eigenvalue weighted by molar-refractivity contribution is 5.76. The largest absolute Gasteiger partial charge is 0.376 e. The molecule has 0 saturated carbocycles. The molecule has 3 rings (SSSR count). The van der Waals surface area contributed by atoms with Crippen molar-refractivity contribution in [2.75, 3.05) is 26.3 Å². The Morgan fingerprint density at radius 2 is 2.12 bits per heavy atom. The quantitative estimate of drug-likeness (QED) is 0.865. The number of carbonyl (C=O) groups excluding carboxylic acids is 1. The molecule has 0 bridgehead atoms. The van der Waals surface area contributed by atoms with Crippen LogP contribution in [0.4, 0.5) is 0 Å². The summed E-state index contributed by atoms with van der Waals surface area (Å²) >= 11 is 0. The molecule has 0 aliphatic carbocycles. The van der Waals surface area contributed by atoms with Gasteiger partial charge in [0.1, 0.15) is 0 Å². The maximum atomic E-state index is 12.3. The second-order valence-corrected chi connectivity index (χ2v) is 6.83. The Balaban J connectivity index is 1.43. The van der Waals surface area contributed by atoms with E-state index in [1.54, 1.807) is 0 Å². The normalized spacial score (nSPS) is 26.2. The average Bonchev–Trinajstić information content (AvgIpc) is 3.10. The molecular weight excluding hydrogens is 304 g/mol. The first kappa shape index (κ1) is 17.4. The van der Waals surface area contributed by atoms with Gasteiger partial charge in [0.05, 0.1) is 31.3 Å². The van der Waals surface area contributed by atoms with Crippen LogP contribution < -0.4 is 5.32 Å². The van der Waals surface area contributed by atoms with E-state index < -0.39 is 0 Å². The van der Waals surface area contributed by atoms with Crippen molar-refractivity contribution in [3.8, 4) is 0 Å². The SMILES string of the molecule is C[C@H](NC(=O)C[C@H]1CN(Cc2ccccc2)CCO1)[C@@H]1CCCO1. The fourth-order valence-corrected chi connectivity index (χ4v) is 3.50. The van der Waals surface area contributed by atoms with E-state index in [1.807, 2.05) is 13.0 Å². The van der Waals surface area contributed by atoms with Gasteiger partial charge in [0, 0.05) is 26.2 Å². The first-order valence-corrected chi connectivity index (χ1v) is 8.99. The summed E-state index contributed by atoms with van der Waals surface area (Å²) in [6.07, 6.45) is 2.68. The number of hydrogen-bond donors (Lipinski definition) is 1. The highest BCUT2D eigenvalue weighted by Gasteiger charge is 2.26. The van der Waals surface area contributed by atoms with Gasteiger partial charge in [-0.05, 0) is 25.3 Å². The second-order valence-electron chi connectivity index (χ2n) is 6.83. The van der Waals surface area contributed by atoms with Gasteiger partial charge in [-0.1, -0.05) is 30.3 Å². The third-order valence-corrected chi connectivity index (χ3v) is 4.80. The van der Waals surface area contributed by atoms with Crippen LogP contribution >= 0.6 is 0 Å². The highest BCUT2D eigenvalue weighted by atomic mass is 16.5. The number of amides is 1. The van der Waals surface area contributed by atoms with E-state index in [2.05, 4.69) is 34.5 Å². The maximum Gasteiger partial charge on any atom is 0.222 e. The number of nitrogens with zero attached hydrogens (tertiary/aromatic N) is 1. The molecule has 24 heavy (non-hydrogen) atoms. The number of carbonyl (C=O) groups is 1. The summed E-state index contributed by atoms with van der Waals surface area (Å²) in [5.74, 6) is 0.0598. The van der Waals surface area contributed by atoms with Crippen molar-refractivity contribution in [3.63, 3.8) is 0 Å². The van der Waals surface area contributed by atoms with Crippen molar-refractivity contribution in [1.29, 1.82) is 0 Å². The molecule has 2 heterocycles. The van der Waals surface area contributed by atoms with Gasteiger partial charge in [0.2, 0.25) is 5.91 Å². The van der Waals surface area contributed by atoms with E-state index in [0.29, 0.717) is 13.0 Å². The number of rotatable bonds is 6. The lowest BCUT2D eigenvalue weighted by Crippen LogP contribution is -2.46. The van der Waals surface area contributed by atoms with E-state index in [1.165, 1.54) is 5.56 Å². The third kappa shape index (κ3) is 5.03. The molecule has 132 valence electrons. The van der Waals surface area contributed by atoms with Gasteiger partial charge in [0.25, 0.3) is 0 Å². The van der Waals surface area contributed by atoms with Crippen molar-refractivity contribution < 1.29 is 14.3 Å². The van der Waals surface area contributed by atoms with Crippen LogP contribution in [0.25, 0.3) is 0 Å². The number of ether oxygens (including phenoxy) is 2. The first-order valence-electron chi connectivity index (χ1n) is 8.99. The Morgan fingerprint density at radius 1 is 1.29 bits per heavy atom. The fourth-order valence-electron chi connectivity index (χ4n) is 3.50. The molecule has 1 aromatic carbocycles. The van der Waals surface area contributed by atoms with Crippen LogP contribution in [0.2, 0.25) is 0 Å². The smallest absolute Gasteiger partial charge is 0.222 e. The van der Waals surface area contributed by atoms with Crippen molar-refractivity contribution in [2.24, 2.45) is 0 Å². The number of hydrogen-bond acceptors (Lipinski definition) is 4. The van der Waals surface area contributed by atoms with Gasteiger partial charge in [0.15, 0.2) is 0 Å². The van der Waals surface area contributed by atoms with E-state index in [-0.39, 0.29) is 24.2 Å². The minimum Gasteiger partial charge on any atom is -0.376 e. The van der Waals surface area contributed by atoms with Crippen LogP contribution in [0, 0.1) is 0 Å². The lowest BCUT2D eigenvalue weighted by atomic mass is 10.1. The molecule has 1 N–H and O–H groups in total. The van der Waals surface area contributed by atoms with Gasteiger partial charge in [-0.15, -0.1) is 0 Å². The minimum absolute atomic E-state index is 0.0286. The number of nitrogens with one attached hydrogen (secondary N) is 1. The fraction of sp³-hybridized carbons (Fsp3) is 0.632. The Hall–Kier alpha value is -1.43. The van der Waals surface area contributed by atoms with Gasteiger partial charge >= 0.3 is 0 Å². The van der Waals surface area contributed by atoms with Crippen molar-refractivity contribution >= 4 is 5.91 Å². The zero-order chi connectivity index (χ0) is 16.8. The minimum atomic E-state index is -0.0286. The van der Waals surface area contributed by atoms with Crippen molar-refractivity contribution in [2.45, 2.75) is 51.0 Å². The second kappa shape index (κ2) is 8.60. The molecule has 0 radical (unpaired) electrons. The van der Waals surface area contributed by atoms with Crippen LogP contribution in [0.3, 0.4) is 0 Å². The monoisotopic (exact) mass is 332 g/mol. The molecule has 0 spiro atoms. The standard InChI is InChI=1S/C19H28N2O3/c1-15(18-8-5-10-24-18)20-19(22)12-17-14-21(9-11-23-17)13-16-6-3-2-4-7-16/h2-4,6-7,15,17-18H,5,8-14H2,1H3,(H,20,22)/t15-,17-,18-/m0/s1. The van der Waals surface area contributed by atoms with Gasteiger partial charge in [-0.2, -0.15) is 0 Å². The summed E-state index contributed by atoms with van der Waals surface area (Å²) in [6, 6.07) is 10.5. The van der Waals surface area contributed by atoms with Gasteiger partial charge in [-0.3, -0.25) is 9.69 Å². The Bertz CT molecular complexity index is 517. The van der Waals surface area contributed by atoms with Crippen molar-refractivity contribution in [1.82, 2.24) is 10.2 Å². The molecular formula is C19H28N2O3. The highest BCUT2D eigenvalue weighted by Crippen LogP contribution is 2.16. The van der Waals surface area contributed by atoms with Crippen LogP contribution in [-0.2, 0) is 20.8 Å². The summed E-state index contributed by atoms with van der Waals surface area (Å²) in [7, 11) is 0. The van der Waals surface area contributed by atoms with Crippen LogP contribution in [-0.4, -0.2) is 55.4 Å². The Morgan fingerprint density at radius 3 is 2.88 bits per heavy atom. The number of morpholine rings is 1. The average molecular weight is 332 g/mol. The summed E-state index contributed by atoms with van der Waals surface area (Å²) in [5, 5.41) is 3.07. The lowest BCUT2D eigenvalue weighted by molar-refractivity contribution is -0.127. The molecule has 0 aromatic heterocycles. The molecule has 5 heteroatoms. The van der Waals surface area contributed by atoms with Gasteiger partial charge < -0.3 is 14.8 Å². The molecule has 1 aromatic rings. The number of benzene rings is 1. The topological polar surface area (TPSA) is 50.8 Å². The molecule has 2 fully saturated rings. The maximum absolute atomic E-state index is 12.3.